The summed E-state index contributed by atoms with van der Waals surface area (Å²) in [4.78, 5) is 14.0. The molecule has 4 aromatic rings. The van der Waals surface area contributed by atoms with Crippen molar-refractivity contribution in [3.05, 3.63) is 90.0 Å². The van der Waals surface area contributed by atoms with E-state index < -0.39 is 0 Å². The zero-order valence-corrected chi connectivity index (χ0v) is 17.4. The van der Waals surface area contributed by atoms with Gasteiger partial charge >= 0.3 is 0 Å². The Morgan fingerprint density at radius 3 is 2.27 bits per heavy atom. The maximum absolute atomic E-state index is 5.05. The minimum Gasteiger partial charge on any atom is -0.329 e. The van der Waals surface area contributed by atoms with Gasteiger partial charge in [-0.25, -0.2) is 9.97 Å². The SMILES string of the molecule is Cc1ccc2nc(N3CC[NH+](Cc4ccccc4)CC3)nc(-c3ccccc3)c2c1. The first-order chi connectivity index (χ1) is 14.8. The van der Waals surface area contributed by atoms with Gasteiger partial charge in [0.2, 0.25) is 5.95 Å². The second-order valence-corrected chi connectivity index (χ2v) is 8.16. The molecule has 0 atom stereocenters. The number of hydrogen-bond acceptors (Lipinski definition) is 3. The number of aromatic nitrogens is 2. The fourth-order valence-electron chi connectivity index (χ4n) is 4.27. The van der Waals surface area contributed by atoms with Crippen LogP contribution in [0.4, 0.5) is 5.95 Å². The summed E-state index contributed by atoms with van der Waals surface area (Å²) in [5, 5.41) is 1.12. The Morgan fingerprint density at radius 1 is 0.833 bits per heavy atom. The molecule has 2 heterocycles. The molecule has 0 amide bonds. The van der Waals surface area contributed by atoms with Gasteiger partial charge in [0, 0.05) is 16.5 Å². The molecule has 30 heavy (non-hydrogen) atoms. The molecule has 0 saturated carbocycles. The fraction of sp³-hybridized carbons (Fsp3) is 0.231. The summed E-state index contributed by atoms with van der Waals surface area (Å²) in [6.45, 7) is 7.37. The average Bonchev–Trinajstić information content (AvgIpc) is 2.80. The van der Waals surface area contributed by atoms with Crippen LogP contribution in [0, 0.1) is 6.92 Å². The lowest BCUT2D eigenvalue weighted by atomic mass is 10.0. The summed E-state index contributed by atoms with van der Waals surface area (Å²) in [7, 11) is 0. The first kappa shape index (κ1) is 18.8. The van der Waals surface area contributed by atoms with Crippen molar-refractivity contribution in [2.75, 3.05) is 31.1 Å². The van der Waals surface area contributed by atoms with E-state index in [-0.39, 0.29) is 0 Å². The van der Waals surface area contributed by atoms with Gasteiger partial charge in [0.25, 0.3) is 0 Å². The van der Waals surface area contributed by atoms with Crippen molar-refractivity contribution in [3.63, 3.8) is 0 Å². The number of hydrogen-bond donors (Lipinski definition) is 1. The summed E-state index contributed by atoms with van der Waals surface area (Å²) in [5.74, 6) is 0.851. The summed E-state index contributed by atoms with van der Waals surface area (Å²) < 4.78 is 0. The smallest absolute Gasteiger partial charge is 0.226 e. The highest BCUT2D eigenvalue weighted by atomic mass is 15.3. The highest BCUT2D eigenvalue weighted by Gasteiger charge is 2.23. The van der Waals surface area contributed by atoms with Crippen LogP contribution in [0.2, 0.25) is 0 Å². The lowest BCUT2D eigenvalue weighted by Gasteiger charge is -2.32. The highest BCUT2D eigenvalue weighted by molar-refractivity contribution is 5.93. The van der Waals surface area contributed by atoms with Crippen LogP contribution < -0.4 is 9.80 Å². The number of benzene rings is 3. The van der Waals surface area contributed by atoms with Crippen molar-refractivity contribution in [2.24, 2.45) is 0 Å². The number of nitrogens with zero attached hydrogens (tertiary/aromatic N) is 3. The molecule has 0 bridgehead atoms. The van der Waals surface area contributed by atoms with Crippen LogP contribution in [0.5, 0.6) is 0 Å². The number of nitrogens with one attached hydrogen (secondary N) is 1. The van der Waals surface area contributed by atoms with Crippen LogP contribution in [0.1, 0.15) is 11.1 Å². The summed E-state index contributed by atoms with van der Waals surface area (Å²) >= 11 is 0. The van der Waals surface area contributed by atoms with E-state index in [4.69, 9.17) is 9.97 Å². The van der Waals surface area contributed by atoms with E-state index in [1.54, 1.807) is 4.90 Å². The van der Waals surface area contributed by atoms with Crippen LogP contribution in [-0.4, -0.2) is 36.1 Å². The second kappa shape index (κ2) is 8.25. The third-order valence-corrected chi connectivity index (χ3v) is 5.94. The van der Waals surface area contributed by atoms with Crippen molar-refractivity contribution >= 4 is 16.9 Å². The largest absolute Gasteiger partial charge is 0.329 e. The van der Waals surface area contributed by atoms with Crippen molar-refractivity contribution < 1.29 is 4.90 Å². The Balaban J connectivity index is 1.42. The molecule has 1 fully saturated rings. The van der Waals surface area contributed by atoms with Crippen molar-refractivity contribution in [2.45, 2.75) is 13.5 Å². The number of fused-ring (bicyclic) bond motifs is 1. The third kappa shape index (κ3) is 3.91. The summed E-state index contributed by atoms with van der Waals surface area (Å²) in [5.41, 5.74) is 5.82. The zero-order valence-electron chi connectivity index (χ0n) is 17.4. The van der Waals surface area contributed by atoms with Crippen LogP contribution in [0.15, 0.2) is 78.9 Å². The summed E-state index contributed by atoms with van der Waals surface area (Å²) in [6, 6.07) is 27.7. The van der Waals surface area contributed by atoms with E-state index in [0.29, 0.717) is 0 Å². The van der Waals surface area contributed by atoms with Crippen LogP contribution in [0.25, 0.3) is 22.2 Å². The third-order valence-electron chi connectivity index (χ3n) is 5.94. The van der Waals surface area contributed by atoms with Crippen molar-refractivity contribution in [1.82, 2.24) is 9.97 Å². The maximum atomic E-state index is 5.05. The number of rotatable bonds is 4. The van der Waals surface area contributed by atoms with Gasteiger partial charge in [0.15, 0.2) is 0 Å². The normalized spacial score (nSPS) is 14.9. The predicted molar refractivity (Wildman–Crippen MR) is 123 cm³/mol. The molecule has 4 heteroatoms. The van der Waals surface area contributed by atoms with Gasteiger partial charge in [0.05, 0.1) is 37.4 Å². The summed E-state index contributed by atoms with van der Waals surface area (Å²) in [6.07, 6.45) is 0. The predicted octanol–water partition coefficient (Wildman–Crippen LogP) is 3.51. The van der Waals surface area contributed by atoms with Gasteiger partial charge in [0.1, 0.15) is 6.54 Å². The minimum absolute atomic E-state index is 0.851. The van der Waals surface area contributed by atoms with E-state index in [9.17, 15) is 0 Å². The Bertz CT molecular complexity index is 1130. The quantitative estimate of drug-likeness (QED) is 0.574. The number of anilines is 1. The molecule has 1 aliphatic rings. The van der Waals surface area contributed by atoms with Gasteiger partial charge in [-0.15, -0.1) is 0 Å². The van der Waals surface area contributed by atoms with Gasteiger partial charge in [-0.2, -0.15) is 0 Å². The standard InChI is InChI=1S/C26H26N4/c1-20-12-13-24-23(18-20)25(22-10-6-3-7-11-22)28-26(27-24)30-16-14-29(15-17-30)19-21-8-4-2-5-9-21/h2-13,18H,14-17,19H2,1H3/p+1. The molecule has 0 unspecified atom stereocenters. The van der Waals surface area contributed by atoms with Crippen molar-refractivity contribution in [3.8, 4) is 11.3 Å². The molecule has 1 saturated heterocycles. The van der Waals surface area contributed by atoms with E-state index in [2.05, 4.69) is 84.6 Å². The van der Waals surface area contributed by atoms with E-state index in [1.165, 1.54) is 11.1 Å². The molecule has 0 radical (unpaired) electrons. The fourth-order valence-corrected chi connectivity index (χ4v) is 4.27. The van der Waals surface area contributed by atoms with Gasteiger partial charge in [-0.1, -0.05) is 72.3 Å². The Kier molecular flexibility index (Phi) is 5.16. The van der Waals surface area contributed by atoms with E-state index in [0.717, 1.165) is 60.8 Å². The molecule has 1 aliphatic heterocycles. The maximum Gasteiger partial charge on any atom is 0.226 e. The Morgan fingerprint density at radius 2 is 1.53 bits per heavy atom. The van der Waals surface area contributed by atoms with Gasteiger partial charge < -0.3 is 9.80 Å². The highest BCUT2D eigenvalue weighted by Crippen LogP contribution is 2.29. The van der Waals surface area contributed by atoms with Gasteiger partial charge in [-0.3, -0.25) is 0 Å². The molecular formula is C26H27N4+. The lowest BCUT2D eigenvalue weighted by Crippen LogP contribution is -3.13. The molecule has 5 rings (SSSR count). The molecule has 4 nitrogen and oxygen atoms in total. The molecule has 1 aromatic heterocycles. The first-order valence-corrected chi connectivity index (χ1v) is 10.7. The van der Waals surface area contributed by atoms with E-state index >= 15 is 0 Å². The minimum atomic E-state index is 0.851. The van der Waals surface area contributed by atoms with Crippen LogP contribution in [0.3, 0.4) is 0 Å². The molecule has 1 N–H and O–H groups in total. The van der Waals surface area contributed by atoms with Gasteiger partial charge in [-0.05, 0) is 19.1 Å². The average molecular weight is 396 g/mol. The molecule has 150 valence electrons. The first-order valence-electron chi connectivity index (χ1n) is 10.7. The molecule has 3 aromatic carbocycles. The zero-order chi connectivity index (χ0) is 20.3. The number of quaternary nitrogens is 1. The molecule has 0 spiro atoms. The second-order valence-electron chi connectivity index (χ2n) is 8.16. The Hall–Kier alpha value is -3.24. The lowest BCUT2D eigenvalue weighted by molar-refractivity contribution is -0.914. The monoisotopic (exact) mass is 395 g/mol. The van der Waals surface area contributed by atoms with Crippen LogP contribution in [-0.2, 0) is 6.54 Å². The Labute approximate surface area is 177 Å². The molecule has 0 aliphatic carbocycles. The van der Waals surface area contributed by atoms with Crippen molar-refractivity contribution in [1.29, 1.82) is 0 Å². The number of aryl methyl sites for hydroxylation is 1. The topological polar surface area (TPSA) is 33.5 Å². The number of piperazine rings is 1. The van der Waals surface area contributed by atoms with Crippen LogP contribution >= 0.6 is 0 Å². The molecular weight excluding hydrogens is 368 g/mol. The van der Waals surface area contributed by atoms with E-state index in [1.807, 2.05) is 6.07 Å².